The molecule has 0 radical (unpaired) electrons. The molecule has 0 spiro atoms. The minimum Gasteiger partial charge on any atom is -0.394 e. The largest absolute Gasteiger partial charge is 0.394 e. The molecule has 0 aromatic heterocycles. The number of nitrogens with two attached hydrogens (primary N) is 2. The van der Waals surface area contributed by atoms with Crippen LogP contribution in [0.2, 0.25) is 0 Å². The molecule has 2 aliphatic heterocycles. The van der Waals surface area contributed by atoms with E-state index in [2.05, 4.69) is 0 Å². The summed E-state index contributed by atoms with van der Waals surface area (Å²) in [4.78, 5) is 0. The van der Waals surface area contributed by atoms with Crippen molar-refractivity contribution in [3.8, 4) is 0 Å². The summed E-state index contributed by atoms with van der Waals surface area (Å²) in [6.45, 7) is -1.17. The summed E-state index contributed by atoms with van der Waals surface area (Å²) in [5, 5.41) is 57.7. The fraction of sp³-hybridized carbons (Fsp3) is 1.00. The monoisotopic (exact) mass is 340 g/mol. The Hall–Kier alpha value is -0.440. The lowest BCUT2D eigenvalue weighted by Gasteiger charge is -2.45. The zero-order valence-electron chi connectivity index (χ0n) is 12.3. The molecule has 11 nitrogen and oxygen atoms in total. The van der Waals surface area contributed by atoms with Gasteiger partial charge in [0.25, 0.3) is 0 Å². The van der Waals surface area contributed by atoms with Crippen LogP contribution >= 0.6 is 0 Å². The molecule has 0 unspecified atom stereocenters. The lowest BCUT2D eigenvalue weighted by atomic mass is 9.95. The molecule has 136 valence electrons. The Labute approximate surface area is 132 Å². The molecule has 2 aliphatic rings. The molecule has 0 saturated carbocycles. The second kappa shape index (κ2) is 7.63. The molecule has 11 heteroatoms. The van der Waals surface area contributed by atoms with Crippen LogP contribution in [0.3, 0.4) is 0 Å². The van der Waals surface area contributed by atoms with Gasteiger partial charge >= 0.3 is 0 Å². The summed E-state index contributed by atoms with van der Waals surface area (Å²) in [6.07, 6.45) is -10.5. The average Bonchev–Trinajstić information content (AvgIpc) is 2.55. The fourth-order valence-corrected chi connectivity index (χ4v) is 2.65. The molecular formula is C12H24N2O9. The maximum atomic E-state index is 10.1. The predicted octanol–water partition coefficient (Wildman–Crippen LogP) is -5.46. The van der Waals surface area contributed by atoms with Crippen LogP contribution in [-0.2, 0) is 14.2 Å². The Balaban J connectivity index is 2.11. The van der Waals surface area contributed by atoms with Crippen molar-refractivity contribution in [1.29, 1.82) is 0 Å². The molecule has 23 heavy (non-hydrogen) atoms. The smallest absolute Gasteiger partial charge is 0.176 e. The number of ether oxygens (including phenoxy) is 3. The molecule has 10 atom stereocenters. The molecule has 0 aromatic carbocycles. The number of aliphatic hydroxyl groups is 6. The van der Waals surface area contributed by atoms with Gasteiger partial charge in [0.1, 0.15) is 36.6 Å². The first-order valence-electron chi connectivity index (χ1n) is 7.23. The van der Waals surface area contributed by atoms with Crippen molar-refractivity contribution < 1.29 is 44.8 Å². The molecule has 2 rings (SSSR count). The van der Waals surface area contributed by atoms with Gasteiger partial charge in [-0.15, -0.1) is 0 Å². The van der Waals surface area contributed by atoms with E-state index in [1.165, 1.54) is 0 Å². The second-order valence-electron chi connectivity index (χ2n) is 5.70. The van der Waals surface area contributed by atoms with Gasteiger partial charge in [0, 0.05) is 0 Å². The third-order valence-corrected chi connectivity index (χ3v) is 4.14. The highest BCUT2D eigenvalue weighted by atomic mass is 16.7. The molecule has 2 fully saturated rings. The fourth-order valence-electron chi connectivity index (χ4n) is 2.65. The van der Waals surface area contributed by atoms with Crippen LogP contribution in [0.5, 0.6) is 0 Å². The maximum Gasteiger partial charge on any atom is 0.176 e. The van der Waals surface area contributed by atoms with Gasteiger partial charge in [0.15, 0.2) is 12.6 Å². The number of rotatable bonds is 4. The lowest BCUT2D eigenvalue weighted by molar-refractivity contribution is -0.324. The predicted molar refractivity (Wildman–Crippen MR) is 72.6 cm³/mol. The SMILES string of the molecule is N[C@@H]1[C@H](O[C@H]2[C@H](O)[C@H](N)[C@H](O)O[C@@H]2CO)O[C@H](CO)[C@H](O)[C@@H]1O. The van der Waals surface area contributed by atoms with Crippen molar-refractivity contribution in [2.75, 3.05) is 13.2 Å². The van der Waals surface area contributed by atoms with Crippen LogP contribution in [0.25, 0.3) is 0 Å². The van der Waals surface area contributed by atoms with Crippen LogP contribution in [-0.4, -0.2) is 105 Å². The Morgan fingerprint density at radius 3 is 1.96 bits per heavy atom. The topological polar surface area (TPSA) is 201 Å². The highest BCUT2D eigenvalue weighted by molar-refractivity contribution is 4.95. The van der Waals surface area contributed by atoms with E-state index >= 15 is 0 Å². The third-order valence-electron chi connectivity index (χ3n) is 4.14. The standard InChI is InChI=1S/C12H24N2O9/c13-5-9(19)10(4(2-16)21-11(5)20)23-12-6(14)8(18)7(17)3(1-15)22-12/h3-12,15-20H,1-2,13-14H2/t3-,4-,5+,6+,7+,8-,9-,10-,11-,12+/m1/s1. The van der Waals surface area contributed by atoms with Crippen molar-refractivity contribution >= 4 is 0 Å². The van der Waals surface area contributed by atoms with Gasteiger partial charge in [0.2, 0.25) is 0 Å². The molecule has 2 heterocycles. The first-order chi connectivity index (χ1) is 10.8. The van der Waals surface area contributed by atoms with Gasteiger partial charge in [-0.1, -0.05) is 0 Å². The lowest BCUT2D eigenvalue weighted by Crippen LogP contribution is -2.67. The van der Waals surface area contributed by atoms with E-state index in [1.54, 1.807) is 0 Å². The third kappa shape index (κ3) is 3.65. The van der Waals surface area contributed by atoms with Crippen molar-refractivity contribution in [3.05, 3.63) is 0 Å². The molecular weight excluding hydrogens is 316 g/mol. The van der Waals surface area contributed by atoms with E-state index < -0.39 is 74.5 Å². The van der Waals surface area contributed by atoms with Crippen LogP contribution in [0.15, 0.2) is 0 Å². The zero-order valence-corrected chi connectivity index (χ0v) is 12.3. The molecule has 0 aromatic rings. The van der Waals surface area contributed by atoms with Crippen molar-refractivity contribution in [2.45, 2.75) is 61.3 Å². The van der Waals surface area contributed by atoms with Gasteiger partial charge in [0.05, 0.1) is 25.3 Å². The summed E-state index contributed by atoms with van der Waals surface area (Å²) < 4.78 is 15.8. The van der Waals surface area contributed by atoms with E-state index in [1.807, 2.05) is 0 Å². The summed E-state index contributed by atoms with van der Waals surface area (Å²) >= 11 is 0. The molecule has 0 aliphatic carbocycles. The summed E-state index contributed by atoms with van der Waals surface area (Å²) in [7, 11) is 0. The van der Waals surface area contributed by atoms with Gasteiger partial charge < -0.3 is 56.3 Å². The molecule has 10 N–H and O–H groups in total. The van der Waals surface area contributed by atoms with E-state index in [9.17, 15) is 25.5 Å². The van der Waals surface area contributed by atoms with Gasteiger partial charge in [-0.05, 0) is 0 Å². The normalized spacial score (nSPS) is 51.7. The van der Waals surface area contributed by atoms with Crippen LogP contribution < -0.4 is 11.5 Å². The van der Waals surface area contributed by atoms with Gasteiger partial charge in [-0.2, -0.15) is 0 Å². The Bertz CT molecular complexity index is 386. The summed E-state index contributed by atoms with van der Waals surface area (Å²) in [5.74, 6) is 0. The second-order valence-corrected chi connectivity index (χ2v) is 5.70. The summed E-state index contributed by atoms with van der Waals surface area (Å²) in [6, 6.07) is -2.37. The first-order valence-corrected chi connectivity index (χ1v) is 7.23. The van der Waals surface area contributed by atoms with Crippen LogP contribution in [0.4, 0.5) is 0 Å². The van der Waals surface area contributed by atoms with Crippen LogP contribution in [0, 0.1) is 0 Å². The number of aliphatic hydroxyl groups excluding tert-OH is 6. The Kier molecular flexibility index (Phi) is 6.27. The minimum absolute atomic E-state index is 0.581. The molecule has 0 amide bonds. The number of hydrogen-bond acceptors (Lipinski definition) is 11. The minimum atomic E-state index is -1.49. The van der Waals surface area contributed by atoms with Crippen molar-refractivity contribution in [2.24, 2.45) is 11.5 Å². The summed E-state index contributed by atoms with van der Waals surface area (Å²) in [5.41, 5.74) is 11.3. The Morgan fingerprint density at radius 2 is 1.39 bits per heavy atom. The van der Waals surface area contributed by atoms with E-state index in [0.29, 0.717) is 0 Å². The molecule has 2 saturated heterocycles. The average molecular weight is 340 g/mol. The van der Waals surface area contributed by atoms with E-state index in [0.717, 1.165) is 0 Å². The van der Waals surface area contributed by atoms with Crippen LogP contribution in [0.1, 0.15) is 0 Å². The highest BCUT2D eigenvalue weighted by Gasteiger charge is 2.49. The maximum absolute atomic E-state index is 10.1. The Morgan fingerprint density at radius 1 is 0.783 bits per heavy atom. The van der Waals surface area contributed by atoms with Crippen molar-refractivity contribution in [3.63, 3.8) is 0 Å². The first kappa shape index (κ1) is 18.9. The zero-order chi connectivity index (χ0) is 17.3. The van der Waals surface area contributed by atoms with E-state index in [-0.39, 0.29) is 0 Å². The van der Waals surface area contributed by atoms with Gasteiger partial charge in [-0.3, -0.25) is 0 Å². The van der Waals surface area contributed by atoms with Gasteiger partial charge in [-0.25, -0.2) is 0 Å². The highest BCUT2D eigenvalue weighted by Crippen LogP contribution is 2.27. The van der Waals surface area contributed by atoms with Crippen molar-refractivity contribution in [1.82, 2.24) is 0 Å². The molecule has 0 bridgehead atoms. The quantitative estimate of drug-likeness (QED) is 0.242. The van der Waals surface area contributed by atoms with E-state index in [4.69, 9.17) is 30.8 Å². The number of hydrogen-bond donors (Lipinski definition) is 8.